The fourth-order valence-corrected chi connectivity index (χ4v) is 1.85. The highest BCUT2D eigenvalue weighted by atomic mass is 16.5. The molecule has 1 aliphatic heterocycles. The molecule has 0 aromatic carbocycles. The van der Waals surface area contributed by atoms with Crippen LogP contribution in [0.15, 0.2) is 12.4 Å². The highest BCUT2D eigenvalue weighted by Crippen LogP contribution is 2.19. The van der Waals surface area contributed by atoms with Crippen molar-refractivity contribution in [2.75, 3.05) is 13.1 Å². The average molecular weight is 223 g/mol. The van der Waals surface area contributed by atoms with Crippen LogP contribution in [0.1, 0.15) is 33.6 Å². The van der Waals surface area contributed by atoms with E-state index in [1.807, 2.05) is 10.9 Å². The molecule has 0 radical (unpaired) electrons. The van der Waals surface area contributed by atoms with Crippen molar-refractivity contribution in [1.82, 2.24) is 15.1 Å². The fraction of sp³-hybridized carbons (Fsp3) is 0.750. The van der Waals surface area contributed by atoms with Crippen molar-refractivity contribution in [1.29, 1.82) is 0 Å². The molecule has 2 rings (SSSR count). The second-order valence-corrected chi connectivity index (χ2v) is 5.38. The Balaban J connectivity index is 1.97. The quantitative estimate of drug-likeness (QED) is 0.830. The smallest absolute Gasteiger partial charge is 0.157 e. The number of hydrogen-bond donors (Lipinski definition) is 1. The number of nitrogens with zero attached hydrogens (tertiary/aromatic N) is 2. The van der Waals surface area contributed by atoms with Gasteiger partial charge in [0, 0.05) is 6.54 Å². The van der Waals surface area contributed by atoms with E-state index in [9.17, 15) is 0 Å². The Bertz CT molecular complexity index is 334. The van der Waals surface area contributed by atoms with Crippen LogP contribution in [0.3, 0.4) is 0 Å². The van der Waals surface area contributed by atoms with Crippen LogP contribution in [0.2, 0.25) is 0 Å². The van der Waals surface area contributed by atoms with E-state index in [0.29, 0.717) is 6.10 Å². The first-order valence-corrected chi connectivity index (χ1v) is 5.98. The lowest BCUT2D eigenvalue weighted by Gasteiger charge is -2.23. The molecule has 0 amide bonds. The zero-order valence-corrected chi connectivity index (χ0v) is 10.4. The first-order chi connectivity index (χ1) is 7.55. The summed E-state index contributed by atoms with van der Waals surface area (Å²) in [6.07, 6.45) is 6.41. The Morgan fingerprint density at radius 3 is 2.88 bits per heavy atom. The van der Waals surface area contributed by atoms with Crippen LogP contribution in [0.5, 0.6) is 5.75 Å². The van der Waals surface area contributed by atoms with E-state index in [-0.39, 0.29) is 5.54 Å². The van der Waals surface area contributed by atoms with Crippen LogP contribution < -0.4 is 10.1 Å². The van der Waals surface area contributed by atoms with Crippen molar-refractivity contribution in [2.45, 2.75) is 45.3 Å². The van der Waals surface area contributed by atoms with E-state index in [1.54, 1.807) is 6.20 Å². The van der Waals surface area contributed by atoms with Crippen LogP contribution in [0.25, 0.3) is 0 Å². The SMILES string of the molecule is CC(C)(C)n1cc(OC2CCCNC2)cn1. The Morgan fingerprint density at radius 2 is 2.31 bits per heavy atom. The van der Waals surface area contributed by atoms with E-state index in [4.69, 9.17) is 4.74 Å². The summed E-state index contributed by atoms with van der Waals surface area (Å²) in [4.78, 5) is 0. The summed E-state index contributed by atoms with van der Waals surface area (Å²) in [5.41, 5.74) is 0.0203. The second-order valence-electron chi connectivity index (χ2n) is 5.38. The zero-order valence-electron chi connectivity index (χ0n) is 10.4. The number of rotatable bonds is 2. The summed E-state index contributed by atoms with van der Waals surface area (Å²) in [5.74, 6) is 0.878. The number of ether oxygens (including phenoxy) is 1. The first-order valence-electron chi connectivity index (χ1n) is 5.98. The Kier molecular flexibility index (Phi) is 3.19. The van der Waals surface area contributed by atoms with E-state index < -0.39 is 0 Å². The maximum atomic E-state index is 5.89. The van der Waals surface area contributed by atoms with Crippen molar-refractivity contribution in [2.24, 2.45) is 0 Å². The largest absolute Gasteiger partial charge is 0.486 e. The molecule has 0 saturated carbocycles. The van der Waals surface area contributed by atoms with Gasteiger partial charge in [-0.05, 0) is 40.2 Å². The van der Waals surface area contributed by atoms with Gasteiger partial charge in [0.25, 0.3) is 0 Å². The maximum absolute atomic E-state index is 5.89. The predicted octanol–water partition coefficient (Wildman–Crippen LogP) is 1.77. The molecular formula is C12H21N3O. The summed E-state index contributed by atoms with van der Waals surface area (Å²) < 4.78 is 7.83. The Hall–Kier alpha value is -1.03. The molecular weight excluding hydrogens is 202 g/mol. The minimum Gasteiger partial charge on any atom is -0.486 e. The Labute approximate surface area is 97.0 Å². The van der Waals surface area contributed by atoms with E-state index in [1.165, 1.54) is 6.42 Å². The molecule has 2 heterocycles. The molecule has 0 spiro atoms. The third-order valence-corrected chi connectivity index (χ3v) is 2.80. The standard InChI is InChI=1S/C12H21N3O/c1-12(2,3)15-9-11(8-14-15)16-10-5-4-6-13-7-10/h8-10,13H,4-7H2,1-3H3. The van der Waals surface area contributed by atoms with Gasteiger partial charge in [-0.2, -0.15) is 5.10 Å². The van der Waals surface area contributed by atoms with E-state index >= 15 is 0 Å². The van der Waals surface area contributed by atoms with Gasteiger partial charge in [-0.25, -0.2) is 0 Å². The van der Waals surface area contributed by atoms with Crippen LogP contribution in [-0.4, -0.2) is 29.0 Å². The highest BCUT2D eigenvalue weighted by Gasteiger charge is 2.18. The zero-order chi connectivity index (χ0) is 11.6. The van der Waals surface area contributed by atoms with Gasteiger partial charge in [-0.1, -0.05) is 0 Å². The van der Waals surface area contributed by atoms with Gasteiger partial charge < -0.3 is 10.1 Å². The van der Waals surface area contributed by atoms with Gasteiger partial charge >= 0.3 is 0 Å². The summed E-state index contributed by atoms with van der Waals surface area (Å²) >= 11 is 0. The van der Waals surface area contributed by atoms with Gasteiger partial charge in [0.2, 0.25) is 0 Å². The molecule has 1 saturated heterocycles. The third kappa shape index (κ3) is 2.76. The number of aromatic nitrogens is 2. The maximum Gasteiger partial charge on any atom is 0.157 e. The summed E-state index contributed by atoms with van der Waals surface area (Å²) in [6.45, 7) is 8.45. The monoisotopic (exact) mass is 223 g/mol. The van der Waals surface area contributed by atoms with Crippen LogP contribution in [0, 0.1) is 0 Å². The molecule has 1 fully saturated rings. The normalized spacial score (nSPS) is 22.1. The lowest BCUT2D eigenvalue weighted by atomic mass is 10.1. The van der Waals surface area contributed by atoms with Crippen LogP contribution in [-0.2, 0) is 5.54 Å². The number of nitrogens with one attached hydrogen (secondary N) is 1. The predicted molar refractivity (Wildman–Crippen MR) is 63.7 cm³/mol. The topological polar surface area (TPSA) is 39.1 Å². The molecule has 0 bridgehead atoms. The summed E-state index contributed by atoms with van der Waals surface area (Å²) in [7, 11) is 0. The lowest BCUT2D eigenvalue weighted by Crippen LogP contribution is -2.37. The minimum atomic E-state index is 0.0203. The highest BCUT2D eigenvalue weighted by molar-refractivity contribution is 5.13. The van der Waals surface area contributed by atoms with E-state index in [0.717, 1.165) is 25.3 Å². The molecule has 1 aromatic rings. The Morgan fingerprint density at radius 1 is 1.50 bits per heavy atom. The summed E-state index contributed by atoms with van der Waals surface area (Å²) in [5, 5.41) is 7.66. The first kappa shape index (κ1) is 11.5. The molecule has 1 N–H and O–H groups in total. The van der Waals surface area contributed by atoms with Crippen LogP contribution in [0.4, 0.5) is 0 Å². The molecule has 4 heteroatoms. The molecule has 1 aliphatic rings. The molecule has 1 atom stereocenters. The minimum absolute atomic E-state index is 0.0203. The average Bonchev–Trinajstić information content (AvgIpc) is 2.67. The fourth-order valence-electron chi connectivity index (χ4n) is 1.85. The molecule has 90 valence electrons. The van der Waals surface area contributed by atoms with Gasteiger partial charge in [0.15, 0.2) is 5.75 Å². The van der Waals surface area contributed by atoms with E-state index in [2.05, 4.69) is 31.2 Å². The molecule has 1 aromatic heterocycles. The molecule has 0 aliphatic carbocycles. The third-order valence-electron chi connectivity index (χ3n) is 2.80. The van der Waals surface area contributed by atoms with Crippen molar-refractivity contribution >= 4 is 0 Å². The molecule has 4 nitrogen and oxygen atoms in total. The van der Waals surface area contributed by atoms with Gasteiger partial charge in [0.1, 0.15) is 6.10 Å². The van der Waals surface area contributed by atoms with Crippen molar-refractivity contribution in [3.8, 4) is 5.75 Å². The van der Waals surface area contributed by atoms with Crippen molar-refractivity contribution in [3.63, 3.8) is 0 Å². The molecule has 16 heavy (non-hydrogen) atoms. The van der Waals surface area contributed by atoms with Gasteiger partial charge in [-0.15, -0.1) is 0 Å². The molecule has 1 unspecified atom stereocenters. The number of piperidine rings is 1. The van der Waals surface area contributed by atoms with Gasteiger partial charge in [0.05, 0.1) is 17.9 Å². The van der Waals surface area contributed by atoms with Gasteiger partial charge in [-0.3, -0.25) is 4.68 Å². The summed E-state index contributed by atoms with van der Waals surface area (Å²) in [6, 6.07) is 0. The lowest BCUT2D eigenvalue weighted by molar-refractivity contribution is 0.166. The van der Waals surface area contributed by atoms with Crippen LogP contribution >= 0.6 is 0 Å². The van der Waals surface area contributed by atoms with Crippen molar-refractivity contribution in [3.05, 3.63) is 12.4 Å². The number of hydrogen-bond acceptors (Lipinski definition) is 3. The second kappa shape index (κ2) is 4.45. The van der Waals surface area contributed by atoms with Crippen molar-refractivity contribution < 1.29 is 4.74 Å².